The Kier molecular flexibility index (Phi) is 6.36. The van der Waals surface area contributed by atoms with Gasteiger partial charge in [0.05, 0.1) is 0 Å². The van der Waals surface area contributed by atoms with Gasteiger partial charge in [-0.1, -0.05) is 13.0 Å². The van der Waals surface area contributed by atoms with Crippen molar-refractivity contribution in [3.05, 3.63) is 30.1 Å². The second-order valence-corrected chi connectivity index (χ2v) is 4.41. The minimum atomic E-state index is 0.803. The molecule has 0 aliphatic carbocycles. The quantitative estimate of drug-likeness (QED) is 0.566. The van der Waals surface area contributed by atoms with Crippen LogP contribution < -0.4 is 10.2 Å². The Bertz CT molecular complexity index is 376. The van der Waals surface area contributed by atoms with Crippen molar-refractivity contribution in [2.24, 2.45) is 0 Å². The minimum absolute atomic E-state index is 0.803. The van der Waals surface area contributed by atoms with Gasteiger partial charge in [-0.3, -0.25) is 0 Å². The highest BCUT2D eigenvalue weighted by Gasteiger charge is 2.06. The molecule has 18 heavy (non-hydrogen) atoms. The molecule has 0 aliphatic heterocycles. The smallest absolute Gasteiger partial charge is 0.225 e. The first kappa shape index (κ1) is 14.6. The molecule has 0 spiro atoms. The number of hydrogen-bond donors (Lipinski definition) is 1. The molecule has 0 unspecified atom stereocenters. The molecule has 0 atom stereocenters. The van der Waals surface area contributed by atoms with Gasteiger partial charge < -0.3 is 10.2 Å². The van der Waals surface area contributed by atoms with Crippen LogP contribution in [0.15, 0.2) is 18.9 Å². The summed E-state index contributed by atoms with van der Waals surface area (Å²) in [6, 6.07) is 0. The summed E-state index contributed by atoms with van der Waals surface area (Å²) in [7, 11) is 2.03. The Morgan fingerprint density at radius 2 is 2.28 bits per heavy atom. The summed E-state index contributed by atoms with van der Waals surface area (Å²) >= 11 is 0. The van der Waals surface area contributed by atoms with Crippen LogP contribution in [0, 0.1) is 6.92 Å². The molecule has 1 aromatic heterocycles. The second kappa shape index (κ2) is 7.82. The maximum atomic E-state index is 4.55. The van der Waals surface area contributed by atoms with E-state index in [1.165, 1.54) is 5.56 Å². The SMILES string of the molecule is C=CCCCN(C)c1ncc(CNCC)c(C)n1. The molecule has 0 radical (unpaired) electrons. The lowest BCUT2D eigenvalue weighted by Crippen LogP contribution is -2.22. The molecular weight excluding hydrogens is 224 g/mol. The van der Waals surface area contributed by atoms with E-state index in [-0.39, 0.29) is 0 Å². The first-order valence-corrected chi connectivity index (χ1v) is 6.54. The van der Waals surface area contributed by atoms with Gasteiger partial charge in [-0.15, -0.1) is 6.58 Å². The van der Waals surface area contributed by atoms with E-state index >= 15 is 0 Å². The Labute approximate surface area is 110 Å². The molecule has 0 aromatic carbocycles. The van der Waals surface area contributed by atoms with Gasteiger partial charge in [-0.25, -0.2) is 9.97 Å². The van der Waals surface area contributed by atoms with E-state index in [4.69, 9.17) is 0 Å². The summed E-state index contributed by atoms with van der Waals surface area (Å²) in [5.41, 5.74) is 2.22. The zero-order valence-electron chi connectivity index (χ0n) is 11.7. The molecule has 4 heteroatoms. The number of allylic oxidation sites excluding steroid dienone is 1. The normalized spacial score (nSPS) is 10.4. The van der Waals surface area contributed by atoms with Crippen LogP contribution in [0.3, 0.4) is 0 Å². The van der Waals surface area contributed by atoms with Gasteiger partial charge in [-0.05, 0) is 26.3 Å². The highest BCUT2D eigenvalue weighted by atomic mass is 15.2. The zero-order chi connectivity index (χ0) is 13.4. The molecule has 1 aromatic rings. The van der Waals surface area contributed by atoms with Crippen molar-refractivity contribution < 1.29 is 0 Å². The molecule has 0 amide bonds. The summed E-state index contributed by atoms with van der Waals surface area (Å²) in [4.78, 5) is 11.1. The van der Waals surface area contributed by atoms with E-state index < -0.39 is 0 Å². The predicted octanol–water partition coefficient (Wildman–Crippen LogP) is 2.30. The Morgan fingerprint density at radius 3 is 2.89 bits per heavy atom. The number of hydrogen-bond acceptors (Lipinski definition) is 4. The Morgan fingerprint density at radius 1 is 1.50 bits per heavy atom. The number of aryl methyl sites for hydroxylation is 1. The third-order valence-corrected chi connectivity index (χ3v) is 2.88. The number of nitrogens with zero attached hydrogens (tertiary/aromatic N) is 3. The van der Waals surface area contributed by atoms with Gasteiger partial charge in [0.2, 0.25) is 5.95 Å². The van der Waals surface area contributed by atoms with Gasteiger partial charge in [0.25, 0.3) is 0 Å². The highest BCUT2D eigenvalue weighted by Crippen LogP contribution is 2.10. The maximum Gasteiger partial charge on any atom is 0.225 e. The molecule has 0 aliphatic rings. The predicted molar refractivity (Wildman–Crippen MR) is 76.9 cm³/mol. The average molecular weight is 248 g/mol. The van der Waals surface area contributed by atoms with E-state index in [2.05, 4.69) is 33.7 Å². The van der Waals surface area contributed by atoms with Crippen molar-refractivity contribution in [3.8, 4) is 0 Å². The fraction of sp³-hybridized carbons (Fsp3) is 0.571. The van der Waals surface area contributed by atoms with Crippen molar-refractivity contribution in [3.63, 3.8) is 0 Å². The molecule has 0 fully saturated rings. The highest BCUT2D eigenvalue weighted by molar-refractivity contribution is 5.31. The maximum absolute atomic E-state index is 4.55. The standard InChI is InChI=1S/C14H24N4/c1-5-7-8-9-18(4)14-16-11-13(10-15-6-2)12(3)17-14/h5,11,15H,1,6-10H2,2-4H3. The summed E-state index contributed by atoms with van der Waals surface area (Å²) < 4.78 is 0. The molecule has 4 nitrogen and oxygen atoms in total. The van der Waals surface area contributed by atoms with E-state index in [1.54, 1.807) is 0 Å². The zero-order valence-corrected chi connectivity index (χ0v) is 11.7. The van der Waals surface area contributed by atoms with Gasteiger partial charge in [0.15, 0.2) is 0 Å². The summed E-state index contributed by atoms with van der Waals surface area (Å²) in [6.45, 7) is 10.6. The molecular formula is C14H24N4. The van der Waals surface area contributed by atoms with Crippen LogP contribution in [0.1, 0.15) is 31.0 Å². The third-order valence-electron chi connectivity index (χ3n) is 2.88. The second-order valence-electron chi connectivity index (χ2n) is 4.41. The van der Waals surface area contributed by atoms with E-state index in [0.717, 1.165) is 44.1 Å². The van der Waals surface area contributed by atoms with Crippen LogP contribution in [-0.2, 0) is 6.54 Å². The van der Waals surface area contributed by atoms with Gasteiger partial charge >= 0.3 is 0 Å². The lowest BCUT2D eigenvalue weighted by Gasteiger charge is -2.17. The summed E-state index contributed by atoms with van der Waals surface area (Å²) in [5, 5.41) is 3.29. The number of nitrogens with one attached hydrogen (secondary N) is 1. The molecule has 100 valence electrons. The first-order valence-electron chi connectivity index (χ1n) is 6.54. The van der Waals surface area contributed by atoms with Gasteiger partial charge in [-0.2, -0.15) is 0 Å². The Hall–Kier alpha value is -1.42. The van der Waals surface area contributed by atoms with Crippen molar-refractivity contribution in [1.29, 1.82) is 0 Å². The number of unbranched alkanes of at least 4 members (excludes halogenated alkanes) is 1. The third kappa shape index (κ3) is 4.45. The number of rotatable bonds is 8. The number of anilines is 1. The topological polar surface area (TPSA) is 41.1 Å². The van der Waals surface area contributed by atoms with Crippen LogP contribution in [0.2, 0.25) is 0 Å². The van der Waals surface area contributed by atoms with Crippen LogP contribution in [0.25, 0.3) is 0 Å². The fourth-order valence-corrected chi connectivity index (χ4v) is 1.67. The van der Waals surface area contributed by atoms with Crippen molar-refractivity contribution in [2.45, 2.75) is 33.2 Å². The average Bonchev–Trinajstić information content (AvgIpc) is 2.37. The monoisotopic (exact) mass is 248 g/mol. The van der Waals surface area contributed by atoms with Gasteiger partial charge in [0.1, 0.15) is 0 Å². The molecule has 1 rings (SSSR count). The molecule has 0 saturated heterocycles. The molecule has 0 bridgehead atoms. The van der Waals surface area contributed by atoms with Crippen LogP contribution in [0.4, 0.5) is 5.95 Å². The van der Waals surface area contributed by atoms with Gasteiger partial charge in [0, 0.05) is 37.6 Å². The van der Waals surface area contributed by atoms with E-state index in [1.807, 2.05) is 26.2 Å². The van der Waals surface area contributed by atoms with E-state index in [9.17, 15) is 0 Å². The van der Waals surface area contributed by atoms with Crippen molar-refractivity contribution >= 4 is 5.95 Å². The lowest BCUT2D eigenvalue weighted by atomic mass is 10.2. The molecule has 1 heterocycles. The van der Waals surface area contributed by atoms with Crippen LogP contribution in [-0.4, -0.2) is 30.1 Å². The fourth-order valence-electron chi connectivity index (χ4n) is 1.67. The van der Waals surface area contributed by atoms with Crippen LogP contribution in [0.5, 0.6) is 0 Å². The number of aromatic nitrogens is 2. The van der Waals surface area contributed by atoms with E-state index in [0.29, 0.717) is 0 Å². The Balaban J connectivity index is 2.61. The first-order chi connectivity index (χ1) is 8.69. The van der Waals surface area contributed by atoms with Crippen molar-refractivity contribution in [1.82, 2.24) is 15.3 Å². The summed E-state index contributed by atoms with van der Waals surface area (Å²) in [5.74, 6) is 0.803. The minimum Gasteiger partial charge on any atom is -0.344 e. The molecule has 0 saturated carbocycles. The molecule has 1 N–H and O–H groups in total. The largest absolute Gasteiger partial charge is 0.344 e. The van der Waals surface area contributed by atoms with Crippen LogP contribution >= 0.6 is 0 Å². The van der Waals surface area contributed by atoms with Crippen molar-refractivity contribution in [2.75, 3.05) is 25.0 Å². The lowest BCUT2D eigenvalue weighted by molar-refractivity contribution is 0.712. The summed E-state index contributed by atoms with van der Waals surface area (Å²) in [6.07, 6.45) is 5.98.